The van der Waals surface area contributed by atoms with Gasteiger partial charge in [-0.05, 0) is 74.2 Å². The maximum Gasteiger partial charge on any atom is 0.256 e. The number of amides is 1. The van der Waals surface area contributed by atoms with E-state index >= 15 is 0 Å². The first kappa shape index (κ1) is 15.3. The average molecular weight is 340 g/mol. The zero-order valence-corrected chi connectivity index (χ0v) is 14.4. The number of benzene rings is 2. The molecule has 2 aromatic rings. The summed E-state index contributed by atoms with van der Waals surface area (Å²) in [6.45, 7) is 4.21. The van der Waals surface area contributed by atoms with Gasteiger partial charge in [0.1, 0.15) is 11.4 Å². The van der Waals surface area contributed by atoms with Crippen LogP contribution in [0.15, 0.2) is 36.4 Å². The van der Waals surface area contributed by atoms with Crippen LogP contribution in [-0.4, -0.2) is 11.5 Å². The lowest BCUT2D eigenvalue weighted by molar-refractivity contribution is -0.110. The number of ether oxygens (including phenoxy) is 1. The highest BCUT2D eigenvalue weighted by atomic mass is 35.5. The number of rotatable bonds is 1. The molecule has 0 spiro atoms. The number of carbonyl (C=O) groups is 1. The predicted molar refractivity (Wildman–Crippen MR) is 97.4 cm³/mol. The molecular formula is C20H18ClNO2. The first-order valence-corrected chi connectivity index (χ1v) is 8.44. The molecule has 1 amide bonds. The Hall–Kier alpha value is -2.26. The van der Waals surface area contributed by atoms with Crippen molar-refractivity contribution in [3.05, 3.63) is 58.1 Å². The molecule has 0 bridgehead atoms. The Morgan fingerprint density at radius 3 is 2.88 bits per heavy atom. The van der Waals surface area contributed by atoms with E-state index in [0.717, 1.165) is 35.4 Å². The number of carbonyl (C=O) groups excluding carboxylic acids is 1. The Balaban J connectivity index is 1.73. The van der Waals surface area contributed by atoms with Crippen LogP contribution in [0.5, 0.6) is 5.75 Å². The van der Waals surface area contributed by atoms with Gasteiger partial charge in [0.15, 0.2) is 0 Å². The molecule has 2 aliphatic rings. The van der Waals surface area contributed by atoms with Gasteiger partial charge in [0.25, 0.3) is 5.91 Å². The van der Waals surface area contributed by atoms with Crippen LogP contribution in [0.4, 0.5) is 5.69 Å². The van der Waals surface area contributed by atoms with Crippen molar-refractivity contribution in [2.75, 3.05) is 5.32 Å². The molecule has 0 atom stereocenters. The summed E-state index contributed by atoms with van der Waals surface area (Å²) in [5.41, 5.74) is 4.36. The fourth-order valence-corrected chi connectivity index (χ4v) is 3.41. The van der Waals surface area contributed by atoms with Gasteiger partial charge < -0.3 is 10.1 Å². The third-order valence-electron chi connectivity index (χ3n) is 4.54. The summed E-state index contributed by atoms with van der Waals surface area (Å²) in [6, 6.07) is 11.5. The van der Waals surface area contributed by atoms with E-state index in [4.69, 9.17) is 16.3 Å². The summed E-state index contributed by atoms with van der Waals surface area (Å²) in [4.78, 5) is 12.3. The SMILES string of the molecule is CC1(C)CCc2cc(/C=C3\C(=O)Nc4ccc(Cl)cc43)ccc2O1. The second-order valence-corrected chi connectivity index (χ2v) is 7.37. The molecular weight excluding hydrogens is 322 g/mol. The molecule has 0 fully saturated rings. The van der Waals surface area contributed by atoms with Gasteiger partial charge in [-0.1, -0.05) is 17.7 Å². The number of aryl methyl sites for hydroxylation is 1. The Kier molecular flexibility index (Phi) is 3.43. The van der Waals surface area contributed by atoms with E-state index in [1.165, 1.54) is 5.56 Å². The van der Waals surface area contributed by atoms with Crippen LogP contribution in [0.3, 0.4) is 0 Å². The molecule has 4 heteroatoms. The van der Waals surface area contributed by atoms with Gasteiger partial charge in [-0.2, -0.15) is 0 Å². The summed E-state index contributed by atoms with van der Waals surface area (Å²) < 4.78 is 6.02. The van der Waals surface area contributed by atoms with Crippen LogP contribution in [0.25, 0.3) is 11.6 Å². The van der Waals surface area contributed by atoms with E-state index in [0.29, 0.717) is 10.6 Å². The van der Waals surface area contributed by atoms with Gasteiger partial charge >= 0.3 is 0 Å². The largest absolute Gasteiger partial charge is 0.488 e. The van der Waals surface area contributed by atoms with E-state index in [9.17, 15) is 4.79 Å². The minimum absolute atomic E-state index is 0.0950. The number of nitrogens with one attached hydrogen (secondary N) is 1. The third-order valence-corrected chi connectivity index (χ3v) is 4.78. The molecule has 1 N–H and O–H groups in total. The smallest absolute Gasteiger partial charge is 0.256 e. The van der Waals surface area contributed by atoms with Crippen molar-refractivity contribution < 1.29 is 9.53 Å². The zero-order chi connectivity index (χ0) is 16.9. The zero-order valence-electron chi connectivity index (χ0n) is 13.7. The molecule has 0 aromatic heterocycles. The van der Waals surface area contributed by atoms with E-state index in [1.807, 2.05) is 30.3 Å². The highest BCUT2D eigenvalue weighted by Gasteiger charge is 2.27. The van der Waals surface area contributed by atoms with Crippen molar-refractivity contribution in [3.63, 3.8) is 0 Å². The first-order valence-electron chi connectivity index (χ1n) is 8.06. The molecule has 0 saturated heterocycles. The summed E-state index contributed by atoms with van der Waals surface area (Å²) in [6.07, 6.45) is 3.88. The van der Waals surface area contributed by atoms with Crippen molar-refractivity contribution in [1.82, 2.24) is 0 Å². The minimum Gasteiger partial charge on any atom is -0.488 e. The lowest BCUT2D eigenvalue weighted by Crippen LogP contribution is -2.32. The Labute approximate surface area is 146 Å². The van der Waals surface area contributed by atoms with Crippen molar-refractivity contribution in [1.29, 1.82) is 0 Å². The lowest BCUT2D eigenvalue weighted by atomic mass is 9.93. The summed E-state index contributed by atoms with van der Waals surface area (Å²) in [5, 5.41) is 3.50. The van der Waals surface area contributed by atoms with Crippen LogP contribution in [0, 0.1) is 0 Å². The van der Waals surface area contributed by atoms with Crippen LogP contribution in [0.1, 0.15) is 37.0 Å². The Morgan fingerprint density at radius 1 is 1.21 bits per heavy atom. The Bertz CT molecular complexity index is 883. The minimum atomic E-state index is -0.117. The van der Waals surface area contributed by atoms with Gasteiger partial charge in [0.2, 0.25) is 0 Å². The van der Waals surface area contributed by atoms with Crippen molar-refractivity contribution >= 4 is 34.8 Å². The van der Waals surface area contributed by atoms with E-state index < -0.39 is 0 Å². The standard InChI is InChI=1S/C20H18ClNO2/c1-20(2)8-7-13-9-12(3-6-18(13)24-20)10-16-15-11-14(21)4-5-17(15)22-19(16)23/h3-6,9-11H,7-8H2,1-2H3,(H,22,23)/b16-10-. The summed E-state index contributed by atoms with van der Waals surface area (Å²) in [7, 11) is 0. The normalized spacial score (nSPS) is 19.5. The average Bonchev–Trinajstić information content (AvgIpc) is 2.82. The predicted octanol–water partition coefficient (Wildman–Crippen LogP) is 4.94. The molecule has 0 radical (unpaired) electrons. The van der Waals surface area contributed by atoms with Crippen molar-refractivity contribution in [2.45, 2.75) is 32.3 Å². The molecule has 0 unspecified atom stereocenters. The molecule has 4 rings (SSSR count). The molecule has 0 saturated carbocycles. The van der Waals surface area contributed by atoms with Gasteiger partial charge in [-0.15, -0.1) is 0 Å². The van der Waals surface area contributed by atoms with E-state index in [-0.39, 0.29) is 11.5 Å². The molecule has 2 aromatic carbocycles. The monoisotopic (exact) mass is 339 g/mol. The molecule has 2 heterocycles. The number of halogens is 1. The topological polar surface area (TPSA) is 38.3 Å². The third kappa shape index (κ3) is 2.69. The van der Waals surface area contributed by atoms with Crippen LogP contribution < -0.4 is 10.1 Å². The first-order chi connectivity index (χ1) is 11.4. The van der Waals surface area contributed by atoms with Crippen molar-refractivity contribution in [3.8, 4) is 5.75 Å². The maximum absolute atomic E-state index is 12.3. The van der Waals surface area contributed by atoms with Gasteiger partial charge in [0.05, 0.1) is 0 Å². The number of hydrogen-bond donors (Lipinski definition) is 1. The molecule has 24 heavy (non-hydrogen) atoms. The quantitative estimate of drug-likeness (QED) is 0.747. The highest BCUT2D eigenvalue weighted by Crippen LogP contribution is 2.37. The second-order valence-electron chi connectivity index (χ2n) is 6.93. The number of anilines is 1. The van der Waals surface area contributed by atoms with Crippen LogP contribution in [0.2, 0.25) is 5.02 Å². The van der Waals surface area contributed by atoms with E-state index in [2.05, 4.69) is 25.2 Å². The highest BCUT2D eigenvalue weighted by molar-refractivity contribution is 6.36. The number of hydrogen-bond acceptors (Lipinski definition) is 2. The van der Waals surface area contributed by atoms with Crippen LogP contribution in [-0.2, 0) is 11.2 Å². The number of fused-ring (bicyclic) bond motifs is 2. The molecule has 3 nitrogen and oxygen atoms in total. The molecule has 2 aliphatic heterocycles. The Morgan fingerprint density at radius 2 is 2.04 bits per heavy atom. The fraction of sp³-hybridized carbons (Fsp3) is 0.250. The fourth-order valence-electron chi connectivity index (χ4n) is 3.24. The van der Waals surface area contributed by atoms with Gasteiger partial charge in [-0.25, -0.2) is 0 Å². The molecule has 0 aliphatic carbocycles. The summed E-state index contributed by atoms with van der Waals surface area (Å²) >= 11 is 6.08. The maximum atomic E-state index is 12.3. The van der Waals surface area contributed by atoms with Gasteiger partial charge in [-0.3, -0.25) is 4.79 Å². The lowest BCUT2D eigenvalue weighted by Gasteiger charge is -2.32. The second kappa shape index (κ2) is 5.38. The van der Waals surface area contributed by atoms with Gasteiger partial charge in [0, 0.05) is 21.8 Å². The van der Waals surface area contributed by atoms with Crippen molar-refractivity contribution in [2.24, 2.45) is 0 Å². The molecule has 122 valence electrons. The van der Waals surface area contributed by atoms with E-state index in [1.54, 1.807) is 6.07 Å². The summed E-state index contributed by atoms with van der Waals surface area (Å²) in [5.74, 6) is 0.843. The van der Waals surface area contributed by atoms with Crippen LogP contribution >= 0.6 is 11.6 Å².